The second kappa shape index (κ2) is 5.19. The van der Waals surface area contributed by atoms with Gasteiger partial charge in [0.2, 0.25) is 0 Å². The molecule has 0 aliphatic heterocycles. The third-order valence-electron chi connectivity index (χ3n) is 0.400. The van der Waals surface area contributed by atoms with Crippen molar-refractivity contribution in [2.24, 2.45) is 0 Å². The van der Waals surface area contributed by atoms with E-state index >= 15 is 0 Å². The monoisotopic (exact) mass is 395 g/mol. The standard InChI is InChI=1S/Bi.3NO3/c;3*2-1(3)4/q+3;3*-1. The van der Waals surface area contributed by atoms with Crippen molar-refractivity contribution in [1.29, 1.82) is 0 Å². The van der Waals surface area contributed by atoms with Gasteiger partial charge in [0.15, 0.2) is 0 Å². The molecule has 0 unspecified atom stereocenters. The molecule has 13 heavy (non-hydrogen) atoms. The second-order valence-corrected chi connectivity index (χ2v) is 4.78. The summed E-state index contributed by atoms with van der Waals surface area (Å²) in [4.78, 5) is 28.8. The normalized spacial score (nSPS) is 9.00. The molecule has 13 heteroatoms. The molecule has 0 spiro atoms. The van der Waals surface area contributed by atoms with E-state index in [0.29, 0.717) is 0 Å². The Balaban J connectivity index is 4.10. The van der Waals surface area contributed by atoms with Crippen molar-refractivity contribution in [2.75, 3.05) is 0 Å². The van der Waals surface area contributed by atoms with Crippen LogP contribution in [0.3, 0.4) is 0 Å². The van der Waals surface area contributed by atoms with Gasteiger partial charge in [0, 0.05) is 0 Å². The van der Waals surface area contributed by atoms with Crippen molar-refractivity contribution in [3.63, 3.8) is 0 Å². The molecule has 0 saturated carbocycles. The van der Waals surface area contributed by atoms with Crippen LogP contribution in [0.4, 0.5) is 0 Å². The van der Waals surface area contributed by atoms with E-state index in [4.69, 9.17) is 0 Å². The van der Waals surface area contributed by atoms with E-state index in [0.717, 1.165) is 0 Å². The van der Waals surface area contributed by atoms with Crippen LogP contribution in [-0.2, 0) is 8.74 Å². The molecule has 0 fully saturated rings. The number of nitrogens with zero attached hydrogens (tertiary/aromatic N) is 3. The van der Waals surface area contributed by atoms with Crippen LogP contribution in [0.1, 0.15) is 0 Å². The average Bonchev–Trinajstić information content (AvgIpc) is 1.80. The van der Waals surface area contributed by atoms with Crippen molar-refractivity contribution >= 4 is 23.1 Å². The molecule has 0 N–H and O–H groups in total. The zero-order valence-electron chi connectivity index (χ0n) is 5.46. The minimum atomic E-state index is -4.64. The Morgan fingerprint density at radius 3 is 1.15 bits per heavy atom. The zero-order chi connectivity index (χ0) is 10.4. The number of rotatable bonds is 6. The quantitative estimate of drug-likeness (QED) is 0.300. The first-order chi connectivity index (χ1) is 5.91. The van der Waals surface area contributed by atoms with Crippen LogP contribution in [0.15, 0.2) is 0 Å². The molecular weight excluding hydrogens is 395 g/mol. The Hall–Kier alpha value is -1.52. The predicted molar refractivity (Wildman–Crippen MR) is 30.0 cm³/mol. The van der Waals surface area contributed by atoms with Crippen molar-refractivity contribution in [3.8, 4) is 0 Å². The van der Waals surface area contributed by atoms with Gasteiger partial charge < -0.3 is 0 Å². The molecule has 0 aromatic heterocycles. The van der Waals surface area contributed by atoms with E-state index in [1.165, 1.54) is 0 Å². The van der Waals surface area contributed by atoms with E-state index in [1.807, 2.05) is 0 Å². The Bertz CT molecular complexity index is 185. The van der Waals surface area contributed by atoms with Gasteiger partial charge in [-0.05, 0) is 0 Å². The van der Waals surface area contributed by atoms with Gasteiger partial charge in [-0.15, -0.1) is 0 Å². The fourth-order valence-corrected chi connectivity index (χ4v) is 1.83. The first-order valence-electron chi connectivity index (χ1n) is 2.19. The third kappa shape index (κ3) is 6.86. The first-order valence-corrected chi connectivity index (χ1v) is 6.45. The van der Waals surface area contributed by atoms with Crippen molar-refractivity contribution in [2.45, 2.75) is 0 Å². The zero-order valence-corrected chi connectivity index (χ0v) is 8.94. The van der Waals surface area contributed by atoms with E-state index in [1.54, 1.807) is 0 Å². The predicted octanol–water partition coefficient (Wildman–Crippen LogP) is -1.40. The fourth-order valence-electron chi connectivity index (χ4n) is 0.208. The summed E-state index contributed by atoms with van der Waals surface area (Å²) in [5.41, 5.74) is 0. The topological polar surface area (TPSA) is 157 Å². The van der Waals surface area contributed by atoms with Crippen LogP contribution in [-0.4, -0.2) is 38.3 Å². The van der Waals surface area contributed by atoms with Gasteiger partial charge in [-0.25, -0.2) is 0 Å². The van der Waals surface area contributed by atoms with Gasteiger partial charge in [-0.3, -0.25) is 0 Å². The Morgan fingerprint density at radius 2 is 1.00 bits per heavy atom. The second-order valence-electron chi connectivity index (χ2n) is 1.14. The summed E-state index contributed by atoms with van der Waals surface area (Å²) in [7, 11) is 0. The van der Waals surface area contributed by atoms with Crippen molar-refractivity contribution in [3.05, 3.63) is 30.3 Å². The van der Waals surface area contributed by atoms with Crippen LogP contribution in [0.25, 0.3) is 0 Å². The summed E-state index contributed by atoms with van der Waals surface area (Å²) in [5.74, 6) is 0. The van der Waals surface area contributed by atoms with E-state index in [-0.39, 0.29) is 0 Å². The number of hydrogen-bond acceptors (Lipinski definition) is 9. The molecule has 0 aliphatic rings. The van der Waals surface area contributed by atoms with Crippen LogP contribution in [0, 0.1) is 30.3 Å². The van der Waals surface area contributed by atoms with Crippen LogP contribution in [0.5, 0.6) is 0 Å². The Kier molecular flexibility index (Phi) is 4.58. The van der Waals surface area contributed by atoms with Gasteiger partial charge in [-0.1, -0.05) is 0 Å². The molecule has 12 nitrogen and oxygen atoms in total. The fraction of sp³-hybridized carbons (Fsp3) is 0. The molecule has 74 valence electrons. The molecule has 0 saturated heterocycles. The summed E-state index contributed by atoms with van der Waals surface area (Å²) in [6, 6.07) is 0. The molecule has 0 aromatic rings. The molecule has 0 aliphatic carbocycles. The van der Waals surface area contributed by atoms with Gasteiger partial charge in [0.05, 0.1) is 0 Å². The molecule has 0 atom stereocenters. The van der Waals surface area contributed by atoms with Crippen molar-refractivity contribution < 1.29 is 24.0 Å². The van der Waals surface area contributed by atoms with E-state index < -0.39 is 38.3 Å². The van der Waals surface area contributed by atoms with Gasteiger partial charge in [0.1, 0.15) is 0 Å². The maximum absolute atomic E-state index is 9.60. The molecular formula is BiN3O9. The molecule has 0 aromatic carbocycles. The summed E-state index contributed by atoms with van der Waals surface area (Å²) in [5, 5.41) is 24.4. The summed E-state index contributed by atoms with van der Waals surface area (Å²) in [6.45, 7) is 0. The first kappa shape index (κ1) is 11.5. The minimum absolute atomic E-state index is 1.45. The maximum atomic E-state index is 9.60. The third-order valence-corrected chi connectivity index (χ3v) is 3.51. The van der Waals surface area contributed by atoms with E-state index in [9.17, 15) is 30.3 Å². The average molecular weight is 395 g/mol. The van der Waals surface area contributed by atoms with Crippen molar-refractivity contribution in [1.82, 2.24) is 0 Å². The molecule has 0 rings (SSSR count). The molecule has 0 amide bonds. The van der Waals surface area contributed by atoms with Gasteiger partial charge in [0.25, 0.3) is 0 Å². The summed E-state index contributed by atoms with van der Waals surface area (Å²) >= 11 is -4.64. The molecule has 0 heterocycles. The molecule has 0 bridgehead atoms. The van der Waals surface area contributed by atoms with Gasteiger partial charge >= 0.3 is 77.4 Å². The Morgan fingerprint density at radius 1 is 0.769 bits per heavy atom. The summed E-state index contributed by atoms with van der Waals surface area (Å²) in [6.07, 6.45) is 0. The van der Waals surface area contributed by atoms with Crippen LogP contribution in [0.2, 0.25) is 0 Å². The number of hydrogen-bond donors (Lipinski definition) is 0. The van der Waals surface area contributed by atoms with Gasteiger partial charge in [-0.2, -0.15) is 0 Å². The summed E-state index contributed by atoms with van der Waals surface area (Å²) < 4.78 is 10.4. The van der Waals surface area contributed by atoms with Crippen LogP contribution < -0.4 is 0 Å². The van der Waals surface area contributed by atoms with E-state index in [2.05, 4.69) is 8.74 Å². The Labute approximate surface area is 77.8 Å². The molecule has 0 radical (unpaired) electrons. The SMILES string of the molecule is O=[N+]([O-])[O][Bi]([O][N+](=O)[O-])[O][N+](=O)[O-]. The van der Waals surface area contributed by atoms with Crippen LogP contribution >= 0.6 is 0 Å².